The Bertz CT molecular complexity index is 1200. The largest absolute Gasteiger partial charge is 0.348 e. The van der Waals surface area contributed by atoms with E-state index in [4.69, 9.17) is 0 Å². The number of nitrogens with zero attached hydrogens (tertiary/aromatic N) is 1. The Labute approximate surface area is 191 Å². The third kappa shape index (κ3) is 5.37. The van der Waals surface area contributed by atoms with E-state index in [1.807, 2.05) is 65.0 Å². The van der Waals surface area contributed by atoms with Gasteiger partial charge in [-0.05, 0) is 75.6 Å². The van der Waals surface area contributed by atoms with Crippen LogP contribution in [0.5, 0.6) is 0 Å². The van der Waals surface area contributed by atoms with Crippen molar-refractivity contribution in [3.8, 4) is 0 Å². The number of carbonyl (C=O) groups is 1. The van der Waals surface area contributed by atoms with Gasteiger partial charge in [0.15, 0.2) is 0 Å². The fraction of sp³-hybridized carbons (Fsp3) is 0.269. The lowest BCUT2D eigenvalue weighted by Gasteiger charge is -2.25. The van der Waals surface area contributed by atoms with Crippen LogP contribution in [0, 0.1) is 27.7 Å². The Morgan fingerprint density at radius 2 is 1.41 bits per heavy atom. The number of hydrogen-bond acceptors (Lipinski definition) is 3. The number of anilines is 1. The molecule has 6 heteroatoms. The quantitative estimate of drug-likeness (QED) is 0.551. The SMILES string of the molecule is Cc1ccc(N(CC(=O)NC(C)c2ccc(C)c(C)c2)S(=O)(=O)c2ccc(C)cc2)cc1. The van der Waals surface area contributed by atoms with Gasteiger partial charge in [-0.2, -0.15) is 0 Å². The Balaban J connectivity index is 1.88. The van der Waals surface area contributed by atoms with Crippen molar-refractivity contribution in [1.29, 1.82) is 0 Å². The van der Waals surface area contributed by atoms with Gasteiger partial charge in [0.1, 0.15) is 6.54 Å². The second-order valence-corrected chi connectivity index (χ2v) is 10.2. The zero-order chi connectivity index (χ0) is 23.5. The van der Waals surface area contributed by atoms with Gasteiger partial charge in [0.25, 0.3) is 10.0 Å². The summed E-state index contributed by atoms with van der Waals surface area (Å²) in [5.41, 5.74) is 5.73. The van der Waals surface area contributed by atoms with Crippen molar-refractivity contribution in [3.05, 3.63) is 94.5 Å². The number of sulfonamides is 1. The lowest BCUT2D eigenvalue weighted by Crippen LogP contribution is -2.41. The third-order valence-corrected chi connectivity index (χ3v) is 7.41. The maximum Gasteiger partial charge on any atom is 0.264 e. The van der Waals surface area contributed by atoms with Crippen LogP contribution in [0.4, 0.5) is 5.69 Å². The normalized spacial score (nSPS) is 12.3. The van der Waals surface area contributed by atoms with E-state index in [0.29, 0.717) is 5.69 Å². The van der Waals surface area contributed by atoms with Crippen molar-refractivity contribution >= 4 is 21.6 Å². The summed E-state index contributed by atoms with van der Waals surface area (Å²) in [6.07, 6.45) is 0. The molecule has 3 aromatic rings. The maximum absolute atomic E-state index is 13.4. The second kappa shape index (κ2) is 9.57. The van der Waals surface area contributed by atoms with Crippen LogP contribution < -0.4 is 9.62 Å². The smallest absolute Gasteiger partial charge is 0.264 e. The van der Waals surface area contributed by atoms with E-state index in [1.165, 1.54) is 9.87 Å². The summed E-state index contributed by atoms with van der Waals surface area (Å²) in [4.78, 5) is 13.1. The average Bonchev–Trinajstić information content (AvgIpc) is 2.75. The van der Waals surface area contributed by atoms with Crippen LogP contribution in [-0.4, -0.2) is 20.9 Å². The Morgan fingerprint density at radius 3 is 1.97 bits per heavy atom. The molecule has 0 aromatic heterocycles. The van der Waals surface area contributed by atoms with Crippen LogP contribution >= 0.6 is 0 Å². The molecule has 3 rings (SSSR count). The molecule has 0 bridgehead atoms. The Hall–Kier alpha value is -3.12. The van der Waals surface area contributed by atoms with Crippen LogP contribution in [0.1, 0.15) is 40.8 Å². The molecular weight excluding hydrogens is 420 g/mol. The summed E-state index contributed by atoms with van der Waals surface area (Å²) in [6, 6.07) is 19.6. The minimum absolute atomic E-state index is 0.152. The highest BCUT2D eigenvalue weighted by atomic mass is 32.2. The molecule has 0 heterocycles. The standard InChI is InChI=1S/C26H30N2O3S/c1-18-6-12-24(13-7-18)28(32(30,31)25-14-8-19(2)9-15-25)17-26(29)27-22(5)23-11-10-20(3)21(4)16-23/h6-16,22H,17H2,1-5H3,(H,27,29). The molecule has 32 heavy (non-hydrogen) atoms. The third-order valence-electron chi connectivity index (χ3n) is 5.63. The number of carbonyl (C=O) groups excluding carboxylic acids is 1. The van der Waals surface area contributed by atoms with Gasteiger partial charge in [-0.15, -0.1) is 0 Å². The van der Waals surface area contributed by atoms with E-state index in [9.17, 15) is 13.2 Å². The monoisotopic (exact) mass is 450 g/mol. The first kappa shape index (κ1) is 23.5. The number of hydrogen-bond donors (Lipinski definition) is 1. The van der Waals surface area contributed by atoms with E-state index in [-0.39, 0.29) is 23.4 Å². The van der Waals surface area contributed by atoms with Gasteiger partial charge in [0, 0.05) is 0 Å². The first-order valence-corrected chi connectivity index (χ1v) is 12.0. The fourth-order valence-corrected chi connectivity index (χ4v) is 4.82. The zero-order valence-electron chi connectivity index (χ0n) is 19.2. The van der Waals surface area contributed by atoms with Crippen molar-refractivity contribution in [2.75, 3.05) is 10.8 Å². The Kier molecular flexibility index (Phi) is 7.04. The van der Waals surface area contributed by atoms with Gasteiger partial charge in [-0.3, -0.25) is 9.10 Å². The molecule has 5 nitrogen and oxygen atoms in total. The molecule has 0 fully saturated rings. The molecule has 0 saturated heterocycles. The van der Waals surface area contributed by atoms with Gasteiger partial charge in [0.2, 0.25) is 5.91 Å². The predicted octanol–water partition coefficient (Wildman–Crippen LogP) is 4.99. The van der Waals surface area contributed by atoms with Crippen molar-refractivity contribution in [3.63, 3.8) is 0 Å². The first-order chi connectivity index (χ1) is 15.1. The van der Waals surface area contributed by atoms with E-state index < -0.39 is 10.0 Å². The zero-order valence-corrected chi connectivity index (χ0v) is 20.0. The van der Waals surface area contributed by atoms with Crippen LogP contribution in [0.15, 0.2) is 71.6 Å². The first-order valence-electron chi connectivity index (χ1n) is 10.6. The van der Waals surface area contributed by atoms with Crippen molar-refractivity contribution in [2.24, 2.45) is 0 Å². The highest BCUT2D eigenvalue weighted by Crippen LogP contribution is 2.25. The van der Waals surface area contributed by atoms with Gasteiger partial charge in [-0.25, -0.2) is 8.42 Å². The molecule has 0 aliphatic heterocycles. The minimum atomic E-state index is -3.92. The predicted molar refractivity (Wildman–Crippen MR) is 129 cm³/mol. The van der Waals surface area contributed by atoms with Crippen LogP contribution in [0.2, 0.25) is 0 Å². The fourth-order valence-electron chi connectivity index (χ4n) is 3.40. The van der Waals surface area contributed by atoms with E-state index in [2.05, 4.69) is 5.32 Å². The average molecular weight is 451 g/mol. The molecule has 0 aliphatic carbocycles. The summed E-state index contributed by atoms with van der Waals surface area (Å²) in [6.45, 7) is 9.48. The lowest BCUT2D eigenvalue weighted by atomic mass is 10.0. The molecular formula is C26H30N2O3S. The highest BCUT2D eigenvalue weighted by molar-refractivity contribution is 7.92. The highest BCUT2D eigenvalue weighted by Gasteiger charge is 2.27. The van der Waals surface area contributed by atoms with Gasteiger partial charge in [0.05, 0.1) is 16.6 Å². The van der Waals surface area contributed by atoms with E-state index >= 15 is 0 Å². The second-order valence-electron chi connectivity index (χ2n) is 8.29. The number of amides is 1. The van der Waals surface area contributed by atoms with Crippen molar-refractivity contribution in [1.82, 2.24) is 5.32 Å². The molecule has 0 radical (unpaired) electrons. The van der Waals surface area contributed by atoms with Crippen molar-refractivity contribution < 1.29 is 13.2 Å². The van der Waals surface area contributed by atoms with E-state index in [1.54, 1.807) is 36.4 Å². The number of benzene rings is 3. The van der Waals surface area contributed by atoms with Crippen molar-refractivity contribution in [2.45, 2.75) is 45.6 Å². The molecule has 1 N–H and O–H groups in total. The molecule has 1 unspecified atom stereocenters. The summed E-state index contributed by atoms with van der Waals surface area (Å²) in [7, 11) is -3.92. The minimum Gasteiger partial charge on any atom is -0.348 e. The summed E-state index contributed by atoms with van der Waals surface area (Å²) < 4.78 is 28.1. The lowest BCUT2D eigenvalue weighted by molar-refractivity contribution is -0.120. The Morgan fingerprint density at radius 1 is 0.844 bits per heavy atom. The number of nitrogens with one attached hydrogen (secondary N) is 1. The molecule has 0 saturated carbocycles. The van der Waals surface area contributed by atoms with Gasteiger partial charge in [-0.1, -0.05) is 53.6 Å². The van der Waals surface area contributed by atoms with Gasteiger partial charge < -0.3 is 5.32 Å². The molecule has 0 spiro atoms. The topological polar surface area (TPSA) is 66.5 Å². The summed E-state index contributed by atoms with van der Waals surface area (Å²) in [5.74, 6) is -0.369. The van der Waals surface area contributed by atoms with Crippen LogP contribution in [-0.2, 0) is 14.8 Å². The maximum atomic E-state index is 13.4. The molecule has 3 aromatic carbocycles. The molecule has 168 valence electrons. The van der Waals surface area contributed by atoms with Crippen LogP contribution in [0.25, 0.3) is 0 Å². The molecule has 1 atom stereocenters. The van der Waals surface area contributed by atoms with Gasteiger partial charge >= 0.3 is 0 Å². The molecule has 0 aliphatic rings. The number of aryl methyl sites for hydroxylation is 4. The number of rotatable bonds is 7. The summed E-state index contributed by atoms with van der Waals surface area (Å²) in [5, 5.41) is 2.94. The van der Waals surface area contributed by atoms with Crippen LogP contribution in [0.3, 0.4) is 0 Å². The summed E-state index contributed by atoms with van der Waals surface area (Å²) >= 11 is 0. The molecule has 1 amide bonds. The van der Waals surface area contributed by atoms with E-state index in [0.717, 1.165) is 22.3 Å².